The molecule has 0 aliphatic heterocycles. The van der Waals surface area contributed by atoms with Gasteiger partial charge >= 0.3 is 0 Å². The molecule has 0 aromatic carbocycles. The third-order valence-corrected chi connectivity index (χ3v) is 8.37. The highest BCUT2D eigenvalue weighted by Gasteiger charge is 2.39. The summed E-state index contributed by atoms with van der Waals surface area (Å²) in [4.78, 5) is 0. The average molecular weight is 273 g/mol. The summed E-state index contributed by atoms with van der Waals surface area (Å²) >= 11 is 0. The van der Waals surface area contributed by atoms with Gasteiger partial charge < -0.3 is 9.53 Å². The van der Waals surface area contributed by atoms with Gasteiger partial charge in [-0.1, -0.05) is 39.8 Å². The van der Waals surface area contributed by atoms with Crippen LogP contribution in [-0.2, 0) is 4.43 Å². The zero-order chi connectivity index (χ0) is 14.6. The van der Waals surface area contributed by atoms with Gasteiger partial charge in [0.05, 0.1) is 12.2 Å². The zero-order valence-corrected chi connectivity index (χ0v) is 14.4. The van der Waals surface area contributed by atoms with Crippen molar-refractivity contribution in [2.45, 2.75) is 78.3 Å². The summed E-state index contributed by atoms with van der Waals surface area (Å²) in [6.07, 6.45) is 4.81. The Labute approximate surface area is 115 Å². The Balaban J connectivity index is 4.83. The summed E-state index contributed by atoms with van der Waals surface area (Å²) in [5.74, 6) is 0.343. The van der Waals surface area contributed by atoms with Gasteiger partial charge in [0, 0.05) is 0 Å². The van der Waals surface area contributed by atoms with Gasteiger partial charge in [-0.15, -0.1) is 0 Å². The number of hydrogen-bond acceptors (Lipinski definition) is 2. The molecule has 108 valence electrons. The Bertz CT molecular complexity index is 264. The topological polar surface area (TPSA) is 29.5 Å². The van der Waals surface area contributed by atoms with Gasteiger partial charge in [0.2, 0.25) is 0 Å². The van der Waals surface area contributed by atoms with Crippen molar-refractivity contribution in [2.75, 3.05) is 0 Å². The van der Waals surface area contributed by atoms with E-state index in [1.807, 2.05) is 13.8 Å². The van der Waals surface area contributed by atoms with Crippen LogP contribution in [0.3, 0.4) is 0 Å². The predicted octanol–water partition coefficient (Wildman–Crippen LogP) is 4.36. The molecule has 0 aromatic heterocycles. The molecular formula is C15H32O2Si. The van der Waals surface area contributed by atoms with Crippen LogP contribution in [0.25, 0.3) is 0 Å². The van der Waals surface area contributed by atoms with E-state index in [9.17, 15) is 5.11 Å². The molecule has 0 saturated carbocycles. The van der Waals surface area contributed by atoms with Gasteiger partial charge in [-0.2, -0.15) is 0 Å². The number of rotatable bonds is 6. The van der Waals surface area contributed by atoms with Crippen molar-refractivity contribution in [1.82, 2.24) is 0 Å². The molecule has 0 unspecified atom stereocenters. The lowest BCUT2D eigenvalue weighted by Crippen LogP contribution is -2.45. The van der Waals surface area contributed by atoms with E-state index in [1.54, 1.807) is 0 Å². The molecule has 0 aromatic rings. The van der Waals surface area contributed by atoms with Crippen LogP contribution in [0.5, 0.6) is 0 Å². The second kappa shape index (κ2) is 6.87. The van der Waals surface area contributed by atoms with Crippen molar-refractivity contribution in [1.29, 1.82) is 0 Å². The van der Waals surface area contributed by atoms with E-state index < -0.39 is 8.32 Å². The summed E-state index contributed by atoms with van der Waals surface area (Å²) in [6, 6.07) is 0. The third kappa shape index (κ3) is 5.68. The monoisotopic (exact) mass is 272 g/mol. The molecule has 0 amide bonds. The van der Waals surface area contributed by atoms with E-state index in [-0.39, 0.29) is 17.2 Å². The van der Waals surface area contributed by atoms with Crippen molar-refractivity contribution in [3.8, 4) is 0 Å². The molecule has 0 bridgehead atoms. The standard InChI is InChI=1S/C15H32O2Si/c1-9-10-14(12(2)11-13(3)16)17-18(7,8)15(4,5)6/h9-10,12-14,16H,11H2,1-8H3/b10-9+/t12-,13+,14+/m1/s1. The van der Waals surface area contributed by atoms with E-state index >= 15 is 0 Å². The van der Waals surface area contributed by atoms with Crippen LogP contribution in [0.1, 0.15) is 48.0 Å². The number of aliphatic hydroxyl groups is 1. The fraction of sp³-hybridized carbons (Fsp3) is 0.867. The summed E-state index contributed by atoms with van der Waals surface area (Å²) < 4.78 is 6.45. The maximum absolute atomic E-state index is 9.53. The van der Waals surface area contributed by atoms with Gasteiger partial charge in [-0.25, -0.2) is 0 Å². The van der Waals surface area contributed by atoms with Crippen LogP contribution in [0.15, 0.2) is 12.2 Å². The minimum absolute atomic E-state index is 0.116. The first-order valence-electron chi connectivity index (χ1n) is 7.00. The zero-order valence-electron chi connectivity index (χ0n) is 13.4. The summed E-state index contributed by atoms with van der Waals surface area (Å²) in [6.45, 7) is 17.3. The molecule has 0 rings (SSSR count). The largest absolute Gasteiger partial charge is 0.410 e. The second-order valence-electron chi connectivity index (χ2n) is 6.93. The quantitative estimate of drug-likeness (QED) is 0.575. The predicted molar refractivity (Wildman–Crippen MR) is 82.3 cm³/mol. The van der Waals surface area contributed by atoms with E-state index in [1.165, 1.54) is 0 Å². The molecule has 0 radical (unpaired) electrons. The maximum atomic E-state index is 9.53. The van der Waals surface area contributed by atoms with Gasteiger partial charge in [-0.3, -0.25) is 0 Å². The maximum Gasteiger partial charge on any atom is 0.192 e. The average Bonchev–Trinajstić information content (AvgIpc) is 2.13. The van der Waals surface area contributed by atoms with Crippen LogP contribution < -0.4 is 0 Å². The van der Waals surface area contributed by atoms with Crippen molar-refractivity contribution in [3.05, 3.63) is 12.2 Å². The first-order chi connectivity index (χ1) is 8.01. The Hall–Kier alpha value is -0.123. The van der Waals surface area contributed by atoms with E-state index in [2.05, 4.69) is 52.9 Å². The summed E-state index contributed by atoms with van der Waals surface area (Å²) in [5, 5.41) is 9.75. The SMILES string of the molecule is C/C=C/[C@H](O[Si](C)(C)C(C)(C)C)[C@H](C)C[C@H](C)O. The summed E-state index contributed by atoms with van der Waals surface area (Å²) in [5.41, 5.74) is 0. The van der Waals surface area contributed by atoms with E-state index in [4.69, 9.17) is 4.43 Å². The lowest BCUT2D eigenvalue weighted by atomic mass is 9.98. The molecule has 1 N–H and O–H groups in total. The van der Waals surface area contributed by atoms with E-state index in [0.29, 0.717) is 5.92 Å². The summed E-state index contributed by atoms with van der Waals surface area (Å²) in [7, 11) is -1.75. The van der Waals surface area contributed by atoms with E-state index in [0.717, 1.165) is 6.42 Å². The highest BCUT2D eigenvalue weighted by Crippen LogP contribution is 2.38. The van der Waals surface area contributed by atoms with Crippen molar-refractivity contribution in [2.24, 2.45) is 5.92 Å². The second-order valence-corrected chi connectivity index (χ2v) is 11.7. The van der Waals surface area contributed by atoms with Crippen LogP contribution in [-0.4, -0.2) is 25.6 Å². The van der Waals surface area contributed by atoms with Crippen molar-refractivity contribution >= 4 is 8.32 Å². The van der Waals surface area contributed by atoms with Gasteiger partial charge in [0.25, 0.3) is 0 Å². The molecule has 0 fully saturated rings. The molecule has 18 heavy (non-hydrogen) atoms. The van der Waals surface area contributed by atoms with Crippen LogP contribution in [0.2, 0.25) is 18.1 Å². The lowest BCUT2D eigenvalue weighted by molar-refractivity contribution is 0.108. The Kier molecular flexibility index (Phi) is 6.83. The van der Waals surface area contributed by atoms with Gasteiger partial charge in [0.15, 0.2) is 8.32 Å². The highest BCUT2D eigenvalue weighted by molar-refractivity contribution is 6.74. The highest BCUT2D eigenvalue weighted by atomic mass is 28.4. The molecule has 0 aliphatic rings. The van der Waals surface area contributed by atoms with Gasteiger partial charge in [0.1, 0.15) is 0 Å². The fourth-order valence-corrected chi connectivity index (χ4v) is 3.07. The van der Waals surface area contributed by atoms with Crippen LogP contribution in [0.4, 0.5) is 0 Å². The lowest BCUT2D eigenvalue weighted by Gasteiger charge is -2.40. The number of allylic oxidation sites excluding steroid dienone is 1. The molecule has 3 heteroatoms. The Morgan fingerprint density at radius 1 is 1.22 bits per heavy atom. The molecular weight excluding hydrogens is 240 g/mol. The molecule has 3 atom stereocenters. The van der Waals surface area contributed by atoms with Crippen LogP contribution in [0, 0.1) is 5.92 Å². The molecule has 0 spiro atoms. The number of hydrogen-bond donors (Lipinski definition) is 1. The smallest absolute Gasteiger partial charge is 0.192 e. The molecule has 0 heterocycles. The Morgan fingerprint density at radius 3 is 2.06 bits per heavy atom. The van der Waals surface area contributed by atoms with Crippen molar-refractivity contribution in [3.63, 3.8) is 0 Å². The van der Waals surface area contributed by atoms with Crippen LogP contribution >= 0.6 is 0 Å². The van der Waals surface area contributed by atoms with Crippen molar-refractivity contribution < 1.29 is 9.53 Å². The molecule has 0 aliphatic carbocycles. The first kappa shape index (κ1) is 17.9. The third-order valence-electron chi connectivity index (χ3n) is 3.89. The molecule has 2 nitrogen and oxygen atoms in total. The Morgan fingerprint density at radius 2 is 1.72 bits per heavy atom. The normalized spacial score (nSPS) is 18.9. The van der Waals surface area contributed by atoms with Gasteiger partial charge in [-0.05, 0) is 44.3 Å². The number of aliphatic hydroxyl groups excluding tert-OH is 1. The minimum atomic E-state index is -1.75. The minimum Gasteiger partial charge on any atom is -0.410 e. The fourth-order valence-electron chi connectivity index (χ4n) is 1.72. The molecule has 0 saturated heterocycles. The first-order valence-corrected chi connectivity index (χ1v) is 9.90.